The van der Waals surface area contributed by atoms with Crippen molar-refractivity contribution in [3.63, 3.8) is 0 Å². The Morgan fingerprint density at radius 2 is 2.12 bits per heavy atom. The van der Waals surface area contributed by atoms with Crippen LogP contribution >= 0.6 is 0 Å². The Morgan fingerprint density at radius 1 is 1.38 bits per heavy atom. The van der Waals surface area contributed by atoms with Gasteiger partial charge in [0.25, 0.3) is 0 Å². The van der Waals surface area contributed by atoms with Crippen molar-refractivity contribution in [1.82, 2.24) is 0 Å². The molecule has 0 aliphatic heterocycles. The molecular formula is C14H20O2. The Balaban J connectivity index is 2.51. The summed E-state index contributed by atoms with van der Waals surface area (Å²) in [6.07, 6.45) is 2.98. The van der Waals surface area contributed by atoms with Gasteiger partial charge in [0.05, 0.1) is 12.7 Å². The molecule has 88 valence electrons. The van der Waals surface area contributed by atoms with Gasteiger partial charge in [0, 0.05) is 0 Å². The average molecular weight is 220 g/mol. The zero-order valence-corrected chi connectivity index (χ0v) is 10.3. The molecular weight excluding hydrogens is 200 g/mol. The Kier molecular flexibility index (Phi) is 2.94. The topological polar surface area (TPSA) is 29.5 Å². The van der Waals surface area contributed by atoms with E-state index >= 15 is 0 Å². The highest BCUT2D eigenvalue weighted by Crippen LogP contribution is 2.41. The molecule has 0 fully saturated rings. The van der Waals surface area contributed by atoms with E-state index in [2.05, 4.69) is 19.9 Å². The van der Waals surface area contributed by atoms with Gasteiger partial charge in [0.15, 0.2) is 0 Å². The molecule has 0 aromatic heterocycles. The first-order valence-corrected chi connectivity index (χ1v) is 5.97. The van der Waals surface area contributed by atoms with E-state index in [4.69, 9.17) is 4.74 Å². The zero-order valence-electron chi connectivity index (χ0n) is 10.3. The number of methoxy groups -OCH3 is 1. The normalized spacial score (nSPS) is 24.3. The van der Waals surface area contributed by atoms with E-state index in [9.17, 15) is 5.11 Å². The predicted octanol–water partition coefficient (Wildman–Crippen LogP) is 2.88. The minimum absolute atomic E-state index is 0.235. The lowest BCUT2D eigenvalue weighted by atomic mass is 9.73. The molecule has 2 rings (SSSR count). The smallest absolute Gasteiger partial charge is 0.119 e. The van der Waals surface area contributed by atoms with Crippen molar-refractivity contribution in [3.05, 3.63) is 29.3 Å². The zero-order chi connectivity index (χ0) is 11.8. The second kappa shape index (κ2) is 4.10. The summed E-state index contributed by atoms with van der Waals surface area (Å²) in [5.41, 5.74) is 1.65. The standard InChI is InChI=1S/C14H20O2/c1-10(2)14(15)8-4-5-11-6-7-12(16-3)9-13(11)14/h6-7,9-10,15H,4-5,8H2,1-3H3. The van der Waals surface area contributed by atoms with Crippen LogP contribution in [0.15, 0.2) is 18.2 Å². The van der Waals surface area contributed by atoms with Gasteiger partial charge in [0.2, 0.25) is 0 Å². The lowest BCUT2D eigenvalue weighted by molar-refractivity contribution is -0.0262. The number of hydrogen-bond donors (Lipinski definition) is 1. The van der Waals surface area contributed by atoms with Crippen LogP contribution in [0.5, 0.6) is 5.75 Å². The SMILES string of the molecule is COc1ccc2c(c1)C(O)(C(C)C)CCC2. The molecule has 1 aromatic carbocycles. The number of ether oxygens (including phenoxy) is 1. The summed E-state index contributed by atoms with van der Waals surface area (Å²) in [6, 6.07) is 6.06. The van der Waals surface area contributed by atoms with Crippen molar-refractivity contribution < 1.29 is 9.84 Å². The summed E-state index contributed by atoms with van der Waals surface area (Å²) in [7, 11) is 1.67. The molecule has 1 N–H and O–H groups in total. The highest BCUT2D eigenvalue weighted by Gasteiger charge is 2.37. The highest BCUT2D eigenvalue weighted by molar-refractivity contribution is 5.41. The van der Waals surface area contributed by atoms with E-state index in [1.165, 1.54) is 5.56 Å². The molecule has 0 saturated carbocycles. The van der Waals surface area contributed by atoms with Crippen LogP contribution in [0.2, 0.25) is 0 Å². The molecule has 1 aliphatic rings. The van der Waals surface area contributed by atoms with Gasteiger partial charge in [-0.1, -0.05) is 19.9 Å². The first-order valence-electron chi connectivity index (χ1n) is 5.97. The van der Waals surface area contributed by atoms with Crippen LogP contribution in [0, 0.1) is 5.92 Å². The van der Waals surface area contributed by atoms with E-state index in [0.717, 1.165) is 30.6 Å². The van der Waals surface area contributed by atoms with Crippen molar-refractivity contribution >= 4 is 0 Å². The summed E-state index contributed by atoms with van der Waals surface area (Å²) in [6.45, 7) is 4.16. The molecule has 16 heavy (non-hydrogen) atoms. The minimum Gasteiger partial charge on any atom is -0.497 e. The fourth-order valence-electron chi connectivity index (χ4n) is 2.59. The first-order chi connectivity index (χ1) is 7.58. The monoisotopic (exact) mass is 220 g/mol. The van der Waals surface area contributed by atoms with Gasteiger partial charge in [-0.25, -0.2) is 0 Å². The second-order valence-electron chi connectivity index (χ2n) is 4.96. The third kappa shape index (κ3) is 1.71. The summed E-state index contributed by atoms with van der Waals surface area (Å²) in [5, 5.41) is 10.8. The largest absolute Gasteiger partial charge is 0.497 e. The van der Waals surface area contributed by atoms with Crippen molar-refractivity contribution in [3.8, 4) is 5.75 Å². The Bertz CT molecular complexity index is 384. The lowest BCUT2D eigenvalue weighted by Gasteiger charge is -2.38. The predicted molar refractivity (Wildman–Crippen MR) is 64.7 cm³/mol. The van der Waals surface area contributed by atoms with Crippen LogP contribution < -0.4 is 4.74 Å². The summed E-state index contributed by atoms with van der Waals surface area (Å²) in [5.74, 6) is 1.07. The maximum atomic E-state index is 10.8. The Morgan fingerprint density at radius 3 is 2.75 bits per heavy atom. The first kappa shape index (κ1) is 11.5. The third-order valence-electron chi connectivity index (χ3n) is 3.74. The quantitative estimate of drug-likeness (QED) is 0.830. The second-order valence-corrected chi connectivity index (χ2v) is 4.96. The number of hydrogen-bond acceptors (Lipinski definition) is 2. The van der Waals surface area contributed by atoms with Gasteiger partial charge in [-0.3, -0.25) is 0 Å². The summed E-state index contributed by atoms with van der Waals surface area (Å²) >= 11 is 0. The molecule has 0 bridgehead atoms. The molecule has 1 aromatic rings. The fraction of sp³-hybridized carbons (Fsp3) is 0.571. The van der Waals surface area contributed by atoms with E-state index < -0.39 is 5.60 Å². The molecule has 0 spiro atoms. The van der Waals surface area contributed by atoms with E-state index in [-0.39, 0.29) is 5.92 Å². The van der Waals surface area contributed by atoms with Crippen LogP contribution in [0.3, 0.4) is 0 Å². The van der Waals surface area contributed by atoms with Crippen molar-refractivity contribution in [2.75, 3.05) is 7.11 Å². The summed E-state index contributed by atoms with van der Waals surface area (Å²) < 4.78 is 5.24. The minimum atomic E-state index is -0.678. The molecule has 0 heterocycles. The molecule has 0 amide bonds. The van der Waals surface area contributed by atoms with Gasteiger partial charge >= 0.3 is 0 Å². The van der Waals surface area contributed by atoms with Crippen LogP contribution in [0.4, 0.5) is 0 Å². The van der Waals surface area contributed by atoms with E-state index in [1.807, 2.05) is 12.1 Å². The molecule has 0 saturated heterocycles. The van der Waals surface area contributed by atoms with Gasteiger partial charge in [-0.2, -0.15) is 0 Å². The van der Waals surface area contributed by atoms with Crippen LogP contribution in [0.1, 0.15) is 37.8 Å². The van der Waals surface area contributed by atoms with Gasteiger partial charge in [0.1, 0.15) is 5.75 Å². The van der Waals surface area contributed by atoms with E-state index in [0.29, 0.717) is 0 Å². The highest BCUT2D eigenvalue weighted by atomic mass is 16.5. The third-order valence-corrected chi connectivity index (χ3v) is 3.74. The van der Waals surface area contributed by atoms with Gasteiger partial charge < -0.3 is 9.84 Å². The Hall–Kier alpha value is -1.02. The van der Waals surface area contributed by atoms with Gasteiger partial charge in [-0.05, 0) is 48.4 Å². The molecule has 2 nitrogen and oxygen atoms in total. The van der Waals surface area contributed by atoms with Crippen LogP contribution in [-0.4, -0.2) is 12.2 Å². The lowest BCUT2D eigenvalue weighted by Crippen LogP contribution is -2.35. The average Bonchev–Trinajstić information content (AvgIpc) is 2.29. The number of aryl methyl sites for hydroxylation is 1. The van der Waals surface area contributed by atoms with E-state index in [1.54, 1.807) is 7.11 Å². The van der Waals surface area contributed by atoms with Crippen LogP contribution in [-0.2, 0) is 12.0 Å². The maximum absolute atomic E-state index is 10.8. The number of fused-ring (bicyclic) bond motifs is 1. The van der Waals surface area contributed by atoms with Gasteiger partial charge in [-0.15, -0.1) is 0 Å². The molecule has 1 aliphatic carbocycles. The fourth-order valence-corrected chi connectivity index (χ4v) is 2.59. The Labute approximate surface area is 97.3 Å². The maximum Gasteiger partial charge on any atom is 0.119 e. The van der Waals surface area contributed by atoms with Crippen molar-refractivity contribution in [1.29, 1.82) is 0 Å². The molecule has 1 atom stereocenters. The number of rotatable bonds is 2. The van der Waals surface area contributed by atoms with Crippen LogP contribution in [0.25, 0.3) is 0 Å². The number of benzene rings is 1. The van der Waals surface area contributed by atoms with Crippen molar-refractivity contribution in [2.24, 2.45) is 5.92 Å². The molecule has 0 radical (unpaired) electrons. The summed E-state index contributed by atoms with van der Waals surface area (Å²) in [4.78, 5) is 0. The number of aliphatic hydroxyl groups is 1. The molecule has 2 heteroatoms. The van der Waals surface area contributed by atoms with Crippen molar-refractivity contribution in [2.45, 2.75) is 38.7 Å². The molecule has 1 unspecified atom stereocenters.